The zero-order valence-corrected chi connectivity index (χ0v) is 10.9. The van der Waals surface area contributed by atoms with Crippen LogP contribution >= 0.6 is 11.3 Å². The van der Waals surface area contributed by atoms with Gasteiger partial charge in [-0.05, 0) is 13.3 Å². The van der Waals surface area contributed by atoms with Gasteiger partial charge in [-0.1, -0.05) is 31.1 Å². The molecule has 0 aromatic carbocycles. The van der Waals surface area contributed by atoms with E-state index in [0.717, 1.165) is 30.2 Å². The molecule has 0 aliphatic heterocycles. The van der Waals surface area contributed by atoms with Crippen LogP contribution in [0.25, 0.3) is 0 Å². The highest BCUT2D eigenvalue weighted by Crippen LogP contribution is 2.21. The topological polar surface area (TPSA) is 54.0 Å². The Balaban J connectivity index is 2.49. The number of aromatic nitrogens is 1. The quantitative estimate of drug-likeness (QED) is 0.752. The number of anilines is 1. The van der Waals surface area contributed by atoms with Gasteiger partial charge in [-0.3, -0.25) is 4.79 Å². The third-order valence-corrected chi connectivity index (χ3v) is 3.46. The molecule has 0 bridgehead atoms. The van der Waals surface area contributed by atoms with E-state index in [2.05, 4.69) is 22.5 Å². The second kappa shape index (κ2) is 6.48. The molecule has 2 N–H and O–H groups in total. The minimum absolute atomic E-state index is 0.00685. The summed E-state index contributed by atoms with van der Waals surface area (Å²) in [5.74, 6) is -0.00685. The van der Waals surface area contributed by atoms with E-state index in [9.17, 15) is 4.79 Å². The van der Waals surface area contributed by atoms with Crippen molar-refractivity contribution < 1.29 is 4.79 Å². The van der Waals surface area contributed by atoms with Gasteiger partial charge < -0.3 is 10.6 Å². The summed E-state index contributed by atoms with van der Waals surface area (Å²) in [7, 11) is 1.81. The molecular weight excluding hydrogens is 222 g/mol. The molecule has 0 aliphatic rings. The van der Waals surface area contributed by atoms with Crippen LogP contribution < -0.4 is 10.6 Å². The van der Waals surface area contributed by atoms with Crippen LogP contribution in [0, 0.1) is 6.92 Å². The van der Waals surface area contributed by atoms with E-state index in [1.165, 1.54) is 17.8 Å². The first-order valence-electron chi connectivity index (χ1n) is 5.62. The van der Waals surface area contributed by atoms with E-state index in [-0.39, 0.29) is 5.91 Å². The summed E-state index contributed by atoms with van der Waals surface area (Å²) in [5, 5.41) is 6.65. The number of thiazole rings is 1. The van der Waals surface area contributed by atoms with E-state index in [1.807, 2.05) is 6.92 Å². The molecular formula is C11H19N3OS. The highest BCUT2D eigenvalue weighted by atomic mass is 32.1. The lowest BCUT2D eigenvalue weighted by molar-refractivity contribution is 0.0956. The first kappa shape index (κ1) is 13.0. The largest absolute Gasteiger partial charge is 0.365 e. The number of rotatable bonds is 6. The van der Waals surface area contributed by atoms with Gasteiger partial charge in [0.1, 0.15) is 4.88 Å². The molecule has 5 heteroatoms. The zero-order chi connectivity index (χ0) is 12.0. The normalized spacial score (nSPS) is 10.2. The third kappa shape index (κ3) is 3.48. The number of nitrogens with zero attached hydrogens (tertiary/aromatic N) is 1. The Morgan fingerprint density at radius 2 is 2.19 bits per heavy atom. The molecule has 16 heavy (non-hydrogen) atoms. The number of carbonyl (C=O) groups excluding carboxylic acids is 1. The number of aryl methyl sites for hydroxylation is 1. The van der Waals surface area contributed by atoms with Gasteiger partial charge in [0.2, 0.25) is 0 Å². The molecule has 0 saturated heterocycles. The van der Waals surface area contributed by atoms with Crippen molar-refractivity contribution in [1.29, 1.82) is 0 Å². The van der Waals surface area contributed by atoms with Crippen LogP contribution in [0.3, 0.4) is 0 Å². The van der Waals surface area contributed by atoms with E-state index in [1.54, 1.807) is 7.05 Å². The van der Waals surface area contributed by atoms with Crippen LogP contribution in [0.4, 0.5) is 5.13 Å². The number of hydrogen-bond acceptors (Lipinski definition) is 4. The minimum atomic E-state index is -0.00685. The summed E-state index contributed by atoms with van der Waals surface area (Å²) in [6.45, 7) is 4.76. The summed E-state index contributed by atoms with van der Waals surface area (Å²) in [5.41, 5.74) is 0.794. The molecule has 0 spiro atoms. The zero-order valence-electron chi connectivity index (χ0n) is 10.1. The van der Waals surface area contributed by atoms with Gasteiger partial charge in [0, 0.05) is 13.6 Å². The maximum absolute atomic E-state index is 11.8. The monoisotopic (exact) mass is 241 g/mol. The van der Waals surface area contributed by atoms with Gasteiger partial charge in [-0.15, -0.1) is 0 Å². The van der Waals surface area contributed by atoms with Gasteiger partial charge in [-0.2, -0.15) is 0 Å². The van der Waals surface area contributed by atoms with Crippen LogP contribution in [-0.4, -0.2) is 24.5 Å². The van der Waals surface area contributed by atoms with Gasteiger partial charge in [0.15, 0.2) is 5.13 Å². The Hall–Kier alpha value is -1.10. The van der Waals surface area contributed by atoms with Crippen molar-refractivity contribution in [2.45, 2.75) is 33.1 Å². The fourth-order valence-corrected chi connectivity index (χ4v) is 2.21. The lowest BCUT2D eigenvalue weighted by Gasteiger charge is -2.02. The molecule has 0 unspecified atom stereocenters. The molecule has 1 amide bonds. The Morgan fingerprint density at radius 1 is 1.44 bits per heavy atom. The second-order valence-corrected chi connectivity index (χ2v) is 4.65. The molecule has 90 valence electrons. The average molecular weight is 241 g/mol. The van der Waals surface area contributed by atoms with Crippen molar-refractivity contribution >= 4 is 22.4 Å². The average Bonchev–Trinajstić information content (AvgIpc) is 2.66. The molecule has 0 saturated carbocycles. The Bertz CT molecular complexity index is 349. The molecule has 1 aromatic heterocycles. The molecule has 1 rings (SSSR count). The summed E-state index contributed by atoms with van der Waals surface area (Å²) >= 11 is 1.40. The Kier molecular flexibility index (Phi) is 5.25. The smallest absolute Gasteiger partial charge is 0.263 e. The highest BCUT2D eigenvalue weighted by molar-refractivity contribution is 7.17. The molecule has 1 heterocycles. The predicted molar refractivity (Wildman–Crippen MR) is 68.3 cm³/mol. The number of amides is 1. The van der Waals surface area contributed by atoms with E-state index >= 15 is 0 Å². The Labute approximate surface area is 100 Å². The van der Waals surface area contributed by atoms with Crippen molar-refractivity contribution in [3.05, 3.63) is 10.6 Å². The highest BCUT2D eigenvalue weighted by Gasteiger charge is 2.13. The fourth-order valence-electron chi connectivity index (χ4n) is 1.37. The van der Waals surface area contributed by atoms with E-state index < -0.39 is 0 Å². The number of unbranched alkanes of at least 4 members (excludes halogenated alkanes) is 2. The van der Waals surface area contributed by atoms with Crippen molar-refractivity contribution in [3.63, 3.8) is 0 Å². The first-order valence-corrected chi connectivity index (χ1v) is 6.44. The van der Waals surface area contributed by atoms with Gasteiger partial charge >= 0.3 is 0 Å². The molecule has 0 radical (unpaired) electrons. The molecule has 0 aliphatic carbocycles. The maximum Gasteiger partial charge on any atom is 0.263 e. The van der Waals surface area contributed by atoms with Gasteiger partial charge in [0.25, 0.3) is 5.91 Å². The van der Waals surface area contributed by atoms with Crippen LogP contribution in [-0.2, 0) is 0 Å². The molecule has 0 fully saturated rings. The minimum Gasteiger partial charge on any atom is -0.365 e. The standard InChI is InChI=1S/C11H19N3OS/c1-4-5-6-7-13-10(15)9-8(2)14-11(12-3)16-9/h4-7H2,1-3H3,(H,12,14)(H,13,15). The van der Waals surface area contributed by atoms with Crippen molar-refractivity contribution in [3.8, 4) is 0 Å². The van der Waals surface area contributed by atoms with Crippen molar-refractivity contribution in [2.75, 3.05) is 18.9 Å². The third-order valence-electron chi connectivity index (χ3n) is 2.28. The fraction of sp³-hybridized carbons (Fsp3) is 0.636. The van der Waals surface area contributed by atoms with Gasteiger partial charge in [0.05, 0.1) is 5.69 Å². The van der Waals surface area contributed by atoms with Crippen molar-refractivity contribution in [1.82, 2.24) is 10.3 Å². The summed E-state index contributed by atoms with van der Waals surface area (Å²) < 4.78 is 0. The SMILES string of the molecule is CCCCCNC(=O)c1sc(NC)nc1C. The predicted octanol–water partition coefficient (Wildman–Crippen LogP) is 2.41. The van der Waals surface area contributed by atoms with Crippen LogP contribution in [0.15, 0.2) is 0 Å². The van der Waals surface area contributed by atoms with Crippen LogP contribution in [0.5, 0.6) is 0 Å². The second-order valence-electron chi connectivity index (χ2n) is 3.65. The first-order chi connectivity index (χ1) is 7.69. The number of hydrogen-bond donors (Lipinski definition) is 2. The van der Waals surface area contributed by atoms with Gasteiger partial charge in [-0.25, -0.2) is 4.98 Å². The van der Waals surface area contributed by atoms with E-state index in [0.29, 0.717) is 4.88 Å². The lowest BCUT2D eigenvalue weighted by atomic mass is 10.2. The van der Waals surface area contributed by atoms with Crippen LogP contribution in [0.2, 0.25) is 0 Å². The van der Waals surface area contributed by atoms with Crippen molar-refractivity contribution in [2.24, 2.45) is 0 Å². The summed E-state index contributed by atoms with van der Waals surface area (Å²) in [6.07, 6.45) is 3.36. The van der Waals surface area contributed by atoms with Crippen LogP contribution in [0.1, 0.15) is 41.6 Å². The Morgan fingerprint density at radius 3 is 2.75 bits per heavy atom. The summed E-state index contributed by atoms with van der Waals surface area (Å²) in [4.78, 5) is 16.7. The van der Waals surface area contributed by atoms with E-state index in [4.69, 9.17) is 0 Å². The number of carbonyl (C=O) groups is 1. The summed E-state index contributed by atoms with van der Waals surface area (Å²) in [6, 6.07) is 0. The molecule has 1 aromatic rings. The molecule has 0 atom stereocenters. The maximum atomic E-state index is 11.8. The molecule has 4 nitrogen and oxygen atoms in total. The lowest BCUT2D eigenvalue weighted by Crippen LogP contribution is -2.24. The number of nitrogens with one attached hydrogen (secondary N) is 2.